The van der Waals surface area contributed by atoms with Gasteiger partial charge in [0.25, 0.3) is 0 Å². The summed E-state index contributed by atoms with van der Waals surface area (Å²) in [7, 11) is 0. The summed E-state index contributed by atoms with van der Waals surface area (Å²) in [6, 6.07) is 0. The van der Waals surface area contributed by atoms with Crippen LogP contribution in [-0.2, 0) is 4.79 Å². The van der Waals surface area contributed by atoms with Gasteiger partial charge in [-0.1, -0.05) is 191 Å². The van der Waals surface area contributed by atoms with E-state index in [1.807, 2.05) is 12.2 Å². The molecular weight excluding hydrogens is 737 g/mol. The molecule has 0 aromatic carbocycles. The molecular formula is C60H84O. The van der Waals surface area contributed by atoms with E-state index >= 15 is 0 Å². The smallest absolute Gasteiger partial charge is 0.146 e. The molecule has 0 aliphatic heterocycles. The van der Waals surface area contributed by atoms with Gasteiger partial charge in [-0.3, -0.25) is 4.79 Å². The molecule has 4 aliphatic carbocycles. The maximum Gasteiger partial charge on any atom is 0.146 e. The van der Waals surface area contributed by atoms with Crippen molar-refractivity contribution in [1.29, 1.82) is 0 Å². The van der Waals surface area contributed by atoms with Crippen LogP contribution in [0, 0.1) is 21.7 Å². The van der Waals surface area contributed by atoms with Gasteiger partial charge in [-0.25, -0.2) is 0 Å². The van der Waals surface area contributed by atoms with Gasteiger partial charge in [0.1, 0.15) is 6.29 Å². The molecule has 0 radical (unpaired) electrons. The summed E-state index contributed by atoms with van der Waals surface area (Å²) in [6.07, 6.45) is 54.5. The topological polar surface area (TPSA) is 17.1 Å². The first kappa shape index (κ1) is 51.1. The van der Waals surface area contributed by atoms with Crippen molar-refractivity contribution < 1.29 is 4.79 Å². The molecule has 0 heterocycles. The van der Waals surface area contributed by atoms with E-state index in [2.05, 4.69) is 194 Å². The van der Waals surface area contributed by atoms with Gasteiger partial charge in [0.05, 0.1) is 0 Å². The highest BCUT2D eigenvalue weighted by Gasteiger charge is 2.31. The monoisotopic (exact) mass is 821 g/mol. The van der Waals surface area contributed by atoms with Gasteiger partial charge in [0, 0.05) is 11.0 Å². The van der Waals surface area contributed by atoms with E-state index < -0.39 is 0 Å². The highest BCUT2D eigenvalue weighted by Crippen LogP contribution is 2.44. The Morgan fingerprint density at radius 1 is 0.672 bits per heavy atom. The summed E-state index contributed by atoms with van der Waals surface area (Å²) < 4.78 is 0. The first-order valence-electron chi connectivity index (χ1n) is 23.4. The van der Waals surface area contributed by atoms with Gasteiger partial charge in [0.2, 0.25) is 0 Å². The van der Waals surface area contributed by atoms with Gasteiger partial charge in [0.15, 0.2) is 0 Å². The van der Waals surface area contributed by atoms with Crippen LogP contribution in [0.5, 0.6) is 0 Å². The SMILES string of the molecule is C=CC1=CC=C(CCC=C(C)C)CC1(C)CCC=C(C)C.CC1=C(/C=C/C=C/C=C/C2(C)CC(/C=C/C=C(C)/C=C/C3=C(C)CCCC3(C)C)=CC=C2C=O)C(C)(C)CCC1. The van der Waals surface area contributed by atoms with Crippen molar-refractivity contribution >= 4 is 6.29 Å². The predicted octanol–water partition coefficient (Wildman–Crippen LogP) is 18.2. The molecule has 0 fully saturated rings. The summed E-state index contributed by atoms with van der Waals surface area (Å²) in [4.78, 5) is 11.9. The molecule has 0 N–H and O–H groups in total. The van der Waals surface area contributed by atoms with Crippen molar-refractivity contribution in [3.63, 3.8) is 0 Å². The number of hydrogen-bond donors (Lipinski definition) is 0. The Labute approximate surface area is 375 Å². The van der Waals surface area contributed by atoms with Crippen LogP contribution in [0.25, 0.3) is 0 Å². The molecule has 0 spiro atoms. The zero-order valence-corrected chi connectivity index (χ0v) is 41.1. The van der Waals surface area contributed by atoms with Crippen molar-refractivity contribution in [2.75, 3.05) is 0 Å². The Bertz CT molecular complexity index is 1990. The van der Waals surface area contributed by atoms with Gasteiger partial charge < -0.3 is 0 Å². The summed E-state index contributed by atoms with van der Waals surface area (Å²) in [5.41, 5.74) is 15.6. The summed E-state index contributed by atoms with van der Waals surface area (Å²) >= 11 is 0. The van der Waals surface area contributed by atoms with Crippen LogP contribution in [0.3, 0.4) is 0 Å². The second-order valence-corrected chi connectivity index (χ2v) is 20.7. The molecule has 0 saturated carbocycles. The second kappa shape index (κ2) is 23.8. The molecule has 1 heteroatoms. The number of carbonyl (C=O) groups excluding carboxylic acids is 1. The van der Waals surface area contributed by atoms with E-state index in [1.54, 1.807) is 5.57 Å². The van der Waals surface area contributed by atoms with E-state index in [9.17, 15) is 4.79 Å². The van der Waals surface area contributed by atoms with Crippen molar-refractivity contribution in [3.8, 4) is 0 Å². The first-order chi connectivity index (χ1) is 28.7. The van der Waals surface area contributed by atoms with E-state index in [1.165, 1.54) is 108 Å². The molecule has 1 nitrogen and oxygen atoms in total. The minimum absolute atomic E-state index is 0.253. The highest BCUT2D eigenvalue weighted by molar-refractivity contribution is 5.78. The van der Waals surface area contributed by atoms with Gasteiger partial charge in [-0.15, -0.1) is 0 Å². The molecule has 4 aliphatic rings. The number of aldehydes is 1. The first-order valence-corrected chi connectivity index (χ1v) is 23.4. The van der Waals surface area contributed by atoms with E-state index in [4.69, 9.17) is 0 Å². The Kier molecular flexibility index (Phi) is 20.0. The lowest BCUT2D eigenvalue weighted by Gasteiger charge is -2.34. The maximum absolute atomic E-state index is 11.9. The van der Waals surface area contributed by atoms with Gasteiger partial charge >= 0.3 is 0 Å². The van der Waals surface area contributed by atoms with E-state index in [0.29, 0.717) is 0 Å². The standard InChI is InChI=1S/C39H52O.C21H32/c1-30(21-24-36-32(3)18-15-26-38(36,6)7)16-13-19-33-22-23-34(29-40)39(8,28-33)27-12-10-9-11-20-35-31(2)17-14-25-37(35,4)5;1-7-20-14-13-19(12-8-10-17(2)3)16-21(20,6)15-9-11-18(4)5/h9-13,16,19-24,27,29H,14-15,17-18,25-26,28H2,1-8H3;7,10-11,13-14H,1,8-9,12,15-16H2,2-6H3/b10-9+,19-13+,20-11+,24-21+,27-12+,30-16+;. The Hall–Kier alpha value is -4.23. The summed E-state index contributed by atoms with van der Waals surface area (Å²) in [5, 5.41) is 0. The highest BCUT2D eigenvalue weighted by atomic mass is 16.1. The van der Waals surface area contributed by atoms with Crippen LogP contribution in [0.4, 0.5) is 0 Å². The Morgan fingerprint density at radius 2 is 1.26 bits per heavy atom. The lowest BCUT2D eigenvalue weighted by atomic mass is 9.70. The minimum atomic E-state index is -0.316. The van der Waals surface area contributed by atoms with E-state index in [0.717, 1.165) is 31.1 Å². The fraction of sp³-hybridized carbons (Fsp3) is 0.483. The number of carbonyl (C=O) groups is 1. The maximum atomic E-state index is 11.9. The van der Waals surface area contributed by atoms with Crippen LogP contribution in [0.1, 0.15) is 167 Å². The third-order valence-corrected chi connectivity index (χ3v) is 13.5. The second-order valence-electron chi connectivity index (χ2n) is 20.7. The van der Waals surface area contributed by atoms with Crippen molar-refractivity contribution in [3.05, 3.63) is 177 Å². The number of rotatable bonds is 16. The largest absolute Gasteiger partial charge is 0.298 e. The van der Waals surface area contributed by atoms with Crippen LogP contribution in [0.15, 0.2) is 177 Å². The zero-order chi connectivity index (χ0) is 45.3. The van der Waals surface area contributed by atoms with Crippen LogP contribution in [-0.4, -0.2) is 6.29 Å². The average molecular weight is 821 g/mol. The molecule has 0 amide bonds. The molecule has 0 aromatic heterocycles. The fourth-order valence-electron chi connectivity index (χ4n) is 9.59. The summed E-state index contributed by atoms with van der Waals surface area (Å²) in [6.45, 7) is 33.4. The predicted molar refractivity (Wildman–Crippen MR) is 271 cm³/mol. The number of allylic oxidation sites excluding steroid dienone is 29. The van der Waals surface area contributed by atoms with Gasteiger partial charge in [-0.2, -0.15) is 0 Å². The summed E-state index contributed by atoms with van der Waals surface area (Å²) in [5.74, 6) is 0. The molecule has 0 aromatic rings. The van der Waals surface area contributed by atoms with Crippen molar-refractivity contribution in [2.45, 2.75) is 167 Å². The molecule has 61 heavy (non-hydrogen) atoms. The van der Waals surface area contributed by atoms with Crippen LogP contribution >= 0.6 is 0 Å². The van der Waals surface area contributed by atoms with Crippen molar-refractivity contribution in [1.82, 2.24) is 0 Å². The fourth-order valence-corrected chi connectivity index (χ4v) is 9.59. The average Bonchev–Trinajstić information content (AvgIpc) is 3.16. The molecule has 330 valence electrons. The lowest BCUT2D eigenvalue weighted by molar-refractivity contribution is -0.105. The molecule has 2 unspecified atom stereocenters. The Balaban J connectivity index is 0.000000398. The molecule has 2 atom stereocenters. The van der Waals surface area contributed by atoms with E-state index in [-0.39, 0.29) is 21.7 Å². The quantitative estimate of drug-likeness (QED) is 0.0861. The zero-order valence-electron chi connectivity index (χ0n) is 41.1. The third kappa shape index (κ3) is 16.2. The normalized spacial score (nSPS) is 24.4. The third-order valence-electron chi connectivity index (χ3n) is 13.5. The molecule has 0 saturated heterocycles. The van der Waals surface area contributed by atoms with Crippen molar-refractivity contribution in [2.24, 2.45) is 21.7 Å². The number of hydrogen-bond acceptors (Lipinski definition) is 1. The van der Waals surface area contributed by atoms with Gasteiger partial charge in [-0.05, 0) is 164 Å². The minimum Gasteiger partial charge on any atom is -0.298 e. The lowest BCUT2D eigenvalue weighted by Crippen LogP contribution is -2.21. The van der Waals surface area contributed by atoms with Crippen LogP contribution < -0.4 is 0 Å². The molecule has 0 bridgehead atoms. The van der Waals surface area contributed by atoms with Crippen LogP contribution in [0.2, 0.25) is 0 Å². The molecule has 4 rings (SSSR count). The Morgan fingerprint density at radius 3 is 1.85 bits per heavy atom.